The van der Waals surface area contributed by atoms with Gasteiger partial charge in [0.1, 0.15) is 17.2 Å². The van der Waals surface area contributed by atoms with Gasteiger partial charge in [-0.05, 0) is 31.5 Å². The van der Waals surface area contributed by atoms with Gasteiger partial charge in [0.05, 0.1) is 18.8 Å². The lowest BCUT2D eigenvalue weighted by atomic mass is 10.0. The fourth-order valence-corrected chi connectivity index (χ4v) is 2.92. The van der Waals surface area contributed by atoms with Crippen molar-refractivity contribution in [3.63, 3.8) is 0 Å². The number of aromatic hydroxyl groups is 1. The van der Waals surface area contributed by atoms with E-state index in [0.717, 1.165) is 6.42 Å². The van der Waals surface area contributed by atoms with E-state index in [1.165, 1.54) is 13.0 Å². The standard InChI is InChI=1S/C22H26O7/c1-3-7-16-19(11-10-15(14(2)23)20(16)24)29-13-6-12-28-18-9-5-4-8-17(18)21(25)22(26)27/h4-5,8-11,21,24-25H,3,6-7,12-13H2,1-2H3,(H,26,27). The highest BCUT2D eigenvalue weighted by Crippen LogP contribution is 2.33. The molecule has 0 aliphatic heterocycles. The summed E-state index contributed by atoms with van der Waals surface area (Å²) >= 11 is 0. The zero-order valence-electron chi connectivity index (χ0n) is 16.6. The van der Waals surface area contributed by atoms with Crippen LogP contribution in [-0.2, 0) is 11.2 Å². The van der Waals surface area contributed by atoms with Gasteiger partial charge in [-0.3, -0.25) is 4.79 Å². The molecule has 0 fully saturated rings. The van der Waals surface area contributed by atoms with Crippen LogP contribution in [-0.4, -0.2) is 40.3 Å². The smallest absolute Gasteiger partial charge is 0.337 e. The molecule has 7 heteroatoms. The second-order valence-corrected chi connectivity index (χ2v) is 6.57. The van der Waals surface area contributed by atoms with Crippen LogP contribution in [0.1, 0.15) is 54.3 Å². The zero-order chi connectivity index (χ0) is 21.4. The van der Waals surface area contributed by atoms with E-state index in [0.29, 0.717) is 36.5 Å². The summed E-state index contributed by atoms with van der Waals surface area (Å²) in [6.45, 7) is 3.94. The fourth-order valence-electron chi connectivity index (χ4n) is 2.92. The Morgan fingerprint density at radius 1 is 1.03 bits per heavy atom. The van der Waals surface area contributed by atoms with Crippen molar-refractivity contribution in [3.8, 4) is 17.2 Å². The summed E-state index contributed by atoms with van der Waals surface area (Å²) in [5, 5.41) is 29.1. The Morgan fingerprint density at radius 3 is 2.31 bits per heavy atom. The van der Waals surface area contributed by atoms with Crippen LogP contribution in [0.3, 0.4) is 0 Å². The number of rotatable bonds is 11. The monoisotopic (exact) mass is 402 g/mol. The Kier molecular flexibility index (Phi) is 8.03. The predicted octanol–water partition coefficient (Wildman–Crippen LogP) is 3.51. The number of hydrogen-bond donors (Lipinski definition) is 3. The SMILES string of the molecule is CCCc1c(OCCCOc2ccccc2C(O)C(=O)O)ccc(C(C)=O)c1O. The molecule has 0 radical (unpaired) electrons. The van der Waals surface area contributed by atoms with E-state index in [1.54, 1.807) is 30.3 Å². The molecular weight excluding hydrogens is 376 g/mol. The number of carboxylic acids is 1. The number of aliphatic hydroxyl groups excluding tert-OH is 1. The molecular formula is C22H26O7. The number of carbonyl (C=O) groups excluding carboxylic acids is 1. The third-order valence-electron chi connectivity index (χ3n) is 4.37. The van der Waals surface area contributed by atoms with Crippen molar-refractivity contribution in [1.29, 1.82) is 0 Å². The molecule has 0 aliphatic carbocycles. The molecule has 0 amide bonds. The number of carbonyl (C=O) groups is 2. The van der Waals surface area contributed by atoms with Crippen molar-refractivity contribution >= 4 is 11.8 Å². The first-order valence-electron chi connectivity index (χ1n) is 9.48. The predicted molar refractivity (Wildman–Crippen MR) is 107 cm³/mol. The molecule has 7 nitrogen and oxygen atoms in total. The van der Waals surface area contributed by atoms with E-state index in [9.17, 15) is 19.8 Å². The summed E-state index contributed by atoms with van der Waals surface area (Å²) in [6, 6.07) is 9.65. The molecule has 2 aromatic carbocycles. The van der Waals surface area contributed by atoms with Gasteiger partial charge in [0.2, 0.25) is 0 Å². The number of hydrogen-bond acceptors (Lipinski definition) is 6. The average Bonchev–Trinajstić information content (AvgIpc) is 2.69. The molecule has 156 valence electrons. The third kappa shape index (κ3) is 5.71. The number of benzene rings is 2. The summed E-state index contributed by atoms with van der Waals surface area (Å²) in [5.74, 6) is -0.762. The van der Waals surface area contributed by atoms with Crippen LogP contribution in [0.15, 0.2) is 36.4 Å². The van der Waals surface area contributed by atoms with Gasteiger partial charge in [0.25, 0.3) is 0 Å². The lowest BCUT2D eigenvalue weighted by molar-refractivity contribution is -0.147. The highest BCUT2D eigenvalue weighted by Gasteiger charge is 2.20. The maximum atomic E-state index is 11.6. The van der Waals surface area contributed by atoms with Gasteiger partial charge in [-0.2, -0.15) is 0 Å². The molecule has 3 N–H and O–H groups in total. The molecule has 0 aromatic heterocycles. The molecule has 0 saturated carbocycles. The number of phenols is 1. The minimum Gasteiger partial charge on any atom is -0.507 e. The second kappa shape index (κ2) is 10.5. The highest BCUT2D eigenvalue weighted by molar-refractivity contribution is 5.97. The Balaban J connectivity index is 1.96. The molecule has 1 atom stereocenters. The van der Waals surface area contributed by atoms with Gasteiger partial charge in [-0.1, -0.05) is 31.5 Å². The van der Waals surface area contributed by atoms with E-state index in [4.69, 9.17) is 14.6 Å². The highest BCUT2D eigenvalue weighted by atomic mass is 16.5. The minimum atomic E-state index is -1.65. The fraction of sp³-hybridized carbons (Fsp3) is 0.364. The molecule has 0 spiro atoms. The molecule has 0 aliphatic rings. The topological polar surface area (TPSA) is 113 Å². The van der Waals surface area contributed by atoms with Crippen LogP contribution in [0.4, 0.5) is 0 Å². The minimum absolute atomic E-state index is 0.0373. The number of aliphatic carboxylic acids is 1. The molecule has 0 heterocycles. The number of aliphatic hydroxyl groups is 1. The first-order valence-corrected chi connectivity index (χ1v) is 9.48. The maximum Gasteiger partial charge on any atom is 0.337 e. The molecule has 2 rings (SSSR count). The van der Waals surface area contributed by atoms with Crippen LogP contribution in [0.2, 0.25) is 0 Å². The van der Waals surface area contributed by atoms with Gasteiger partial charge in [0, 0.05) is 17.5 Å². The van der Waals surface area contributed by atoms with E-state index in [1.807, 2.05) is 6.92 Å². The number of carboxylic acid groups (broad SMARTS) is 1. The summed E-state index contributed by atoms with van der Waals surface area (Å²) in [5.41, 5.74) is 1.07. The summed E-state index contributed by atoms with van der Waals surface area (Å²) < 4.78 is 11.4. The number of phenolic OH excluding ortho intramolecular Hbond substituents is 1. The van der Waals surface area contributed by atoms with Crippen molar-refractivity contribution in [2.24, 2.45) is 0 Å². The van der Waals surface area contributed by atoms with Crippen LogP contribution in [0.25, 0.3) is 0 Å². The number of Topliss-reactive ketones (excluding diaryl/α,β-unsaturated/α-hetero) is 1. The van der Waals surface area contributed by atoms with Gasteiger partial charge in [-0.15, -0.1) is 0 Å². The maximum absolute atomic E-state index is 11.6. The second-order valence-electron chi connectivity index (χ2n) is 6.57. The zero-order valence-corrected chi connectivity index (χ0v) is 16.6. The summed E-state index contributed by atoms with van der Waals surface area (Å²) in [7, 11) is 0. The van der Waals surface area contributed by atoms with Crippen LogP contribution in [0, 0.1) is 0 Å². The first kappa shape index (κ1) is 22.2. The quantitative estimate of drug-likeness (QED) is 0.389. The average molecular weight is 402 g/mol. The summed E-state index contributed by atoms with van der Waals surface area (Å²) in [6.07, 6.45) is 0.219. The Labute approximate surface area is 169 Å². The Hall–Kier alpha value is -3.06. The van der Waals surface area contributed by atoms with Crippen LogP contribution < -0.4 is 9.47 Å². The molecule has 1 unspecified atom stereocenters. The lowest BCUT2D eigenvalue weighted by Gasteiger charge is -2.16. The number of ether oxygens (including phenoxy) is 2. The van der Waals surface area contributed by atoms with Gasteiger partial charge in [-0.25, -0.2) is 4.79 Å². The van der Waals surface area contributed by atoms with E-state index < -0.39 is 12.1 Å². The largest absolute Gasteiger partial charge is 0.507 e. The van der Waals surface area contributed by atoms with Crippen LogP contribution in [0.5, 0.6) is 17.2 Å². The molecule has 29 heavy (non-hydrogen) atoms. The lowest BCUT2D eigenvalue weighted by Crippen LogP contribution is -2.13. The van der Waals surface area contributed by atoms with Crippen molar-refractivity contribution in [1.82, 2.24) is 0 Å². The van der Waals surface area contributed by atoms with Crippen molar-refractivity contribution < 1.29 is 34.4 Å². The van der Waals surface area contributed by atoms with Crippen LogP contribution >= 0.6 is 0 Å². The first-order chi connectivity index (χ1) is 13.9. The number of para-hydroxylation sites is 1. The normalized spacial score (nSPS) is 11.7. The Bertz CT molecular complexity index is 860. The van der Waals surface area contributed by atoms with Gasteiger partial charge in [0.15, 0.2) is 11.9 Å². The molecule has 2 aromatic rings. The van der Waals surface area contributed by atoms with E-state index in [-0.39, 0.29) is 29.3 Å². The molecule has 0 saturated heterocycles. The van der Waals surface area contributed by atoms with Crippen molar-refractivity contribution in [2.45, 2.75) is 39.2 Å². The van der Waals surface area contributed by atoms with Crippen molar-refractivity contribution in [2.75, 3.05) is 13.2 Å². The number of ketones is 1. The van der Waals surface area contributed by atoms with Crippen molar-refractivity contribution in [3.05, 3.63) is 53.1 Å². The van der Waals surface area contributed by atoms with E-state index >= 15 is 0 Å². The van der Waals surface area contributed by atoms with Gasteiger partial charge >= 0.3 is 5.97 Å². The third-order valence-corrected chi connectivity index (χ3v) is 4.37. The molecule has 0 bridgehead atoms. The Morgan fingerprint density at radius 2 is 1.69 bits per heavy atom. The van der Waals surface area contributed by atoms with E-state index in [2.05, 4.69) is 0 Å². The van der Waals surface area contributed by atoms with Gasteiger partial charge < -0.3 is 24.8 Å². The summed E-state index contributed by atoms with van der Waals surface area (Å²) in [4.78, 5) is 22.6.